The lowest BCUT2D eigenvalue weighted by atomic mass is 9.89. The highest BCUT2D eigenvalue weighted by molar-refractivity contribution is 6.05. The standard InChI is InChI=1S/C27H31FN4O3/c1-17(2)9-10-32-25-8-7-23(33)13-24(25)26(30-32)27(34)29-20-11-21-15-35-16-22(12-20)31(21)14-18-3-5-19(28)6-4-18/h3-9,13,20-22,33H,10-12,14-16H2,1-2H3,(H,29,34)/t20?,21-,22+. The summed E-state index contributed by atoms with van der Waals surface area (Å²) in [6.45, 7) is 6.55. The number of nitrogens with zero attached hydrogens (tertiary/aromatic N) is 3. The number of phenols is 1. The van der Waals surface area contributed by atoms with E-state index in [2.05, 4.69) is 21.4 Å². The number of piperidine rings is 1. The van der Waals surface area contributed by atoms with Gasteiger partial charge in [-0.1, -0.05) is 23.8 Å². The molecule has 3 aromatic rings. The van der Waals surface area contributed by atoms with Crippen molar-refractivity contribution in [2.24, 2.45) is 0 Å². The van der Waals surface area contributed by atoms with E-state index in [1.54, 1.807) is 22.9 Å². The molecule has 3 heterocycles. The van der Waals surface area contributed by atoms with Crippen molar-refractivity contribution in [2.75, 3.05) is 13.2 Å². The highest BCUT2D eigenvalue weighted by Gasteiger charge is 2.39. The van der Waals surface area contributed by atoms with E-state index in [9.17, 15) is 14.3 Å². The molecule has 2 aliphatic heterocycles. The first kappa shape index (κ1) is 23.5. The third kappa shape index (κ3) is 5.09. The van der Waals surface area contributed by atoms with Crippen molar-refractivity contribution < 1.29 is 19.0 Å². The second kappa shape index (κ2) is 9.79. The smallest absolute Gasteiger partial charge is 0.272 e. The predicted octanol–water partition coefficient (Wildman–Crippen LogP) is 4.01. The molecule has 0 saturated carbocycles. The highest BCUT2D eigenvalue weighted by atomic mass is 19.1. The van der Waals surface area contributed by atoms with Crippen LogP contribution in [-0.2, 0) is 17.8 Å². The maximum absolute atomic E-state index is 13.3. The van der Waals surface area contributed by atoms with Crippen molar-refractivity contribution in [3.8, 4) is 5.75 Å². The van der Waals surface area contributed by atoms with Gasteiger partial charge < -0.3 is 15.2 Å². The summed E-state index contributed by atoms with van der Waals surface area (Å²) >= 11 is 0. The number of ether oxygens (including phenoxy) is 1. The number of amides is 1. The number of aromatic hydroxyl groups is 1. The van der Waals surface area contributed by atoms with Crippen LogP contribution < -0.4 is 5.32 Å². The third-order valence-corrected chi connectivity index (χ3v) is 6.91. The van der Waals surface area contributed by atoms with Gasteiger partial charge in [-0.25, -0.2) is 4.39 Å². The fraction of sp³-hybridized carbons (Fsp3) is 0.407. The molecule has 2 bridgehead atoms. The molecule has 8 heteroatoms. The van der Waals surface area contributed by atoms with Crippen molar-refractivity contribution in [3.63, 3.8) is 0 Å². The molecule has 2 aromatic carbocycles. The predicted molar refractivity (Wildman–Crippen MR) is 132 cm³/mol. The normalized spacial score (nSPS) is 22.2. The molecule has 3 atom stereocenters. The number of hydrogen-bond donors (Lipinski definition) is 2. The zero-order valence-corrected chi connectivity index (χ0v) is 20.1. The van der Waals surface area contributed by atoms with Crippen molar-refractivity contribution in [3.05, 3.63) is 71.2 Å². The minimum atomic E-state index is -0.233. The average Bonchev–Trinajstić information content (AvgIpc) is 3.17. The second-order valence-corrected chi connectivity index (χ2v) is 9.80. The molecule has 0 radical (unpaired) electrons. The second-order valence-electron chi connectivity index (χ2n) is 9.80. The zero-order chi connectivity index (χ0) is 24.5. The first-order chi connectivity index (χ1) is 16.9. The average molecular weight is 479 g/mol. The Labute approximate surface area is 204 Å². The maximum Gasteiger partial charge on any atom is 0.272 e. The van der Waals surface area contributed by atoms with Gasteiger partial charge in [0, 0.05) is 30.1 Å². The molecule has 2 fully saturated rings. The first-order valence-corrected chi connectivity index (χ1v) is 12.1. The molecule has 1 amide bonds. The van der Waals surface area contributed by atoms with Crippen molar-refractivity contribution in [2.45, 2.75) is 57.9 Å². The lowest BCUT2D eigenvalue weighted by Gasteiger charge is -2.48. The lowest BCUT2D eigenvalue weighted by Crippen LogP contribution is -2.60. The van der Waals surface area contributed by atoms with Crippen molar-refractivity contribution in [1.82, 2.24) is 20.0 Å². The first-order valence-electron chi connectivity index (χ1n) is 12.1. The minimum absolute atomic E-state index is 0.00107. The Kier molecular flexibility index (Phi) is 6.58. The number of hydrogen-bond acceptors (Lipinski definition) is 5. The number of carbonyl (C=O) groups excluding carboxylic acids is 1. The van der Waals surface area contributed by atoms with E-state index in [1.807, 2.05) is 26.0 Å². The van der Waals surface area contributed by atoms with Gasteiger partial charge in [0.1, 0.15) is 11.6 Å². The SMILES string of the molecule is CC(C)=CCn1nc(C(=O)NC2C[C@H]3COC[C@@H](C2)N3Cc2ccc(F)cc2)c2cc(O)ccc21. The number of benzene rings is 2. The summed E-state index contributed by atoms with van der Waals surface area (Å²) in [5, 5.41) is 18.5. The number of halogens is 1. The van der Waals surface area contributed by atoms with Gasteiger partial charge >= 0.3 is 0 Å². The number of aromatic nitrogens is 2. The van der Waals surface area contributed by atoms with Gasteiger partial charge in [-0.2, -0.15) is 5.10 Å². The van der Waals surface area contributed by atoms with Crippen LogP contribution in [0.3, 0.4) is 0 Å². The van der Waals surface area contributed by atoms with E-state index in [1.165, 1.54) is 17.7 Å². The molecule has 2 N–H and O–H groups in total. The van der Waals surface area contributed by atoms with E-state index in [0.717, 1.165) is 30.5 Å². The monoisotopic (exact) mass is 478 g/mol. The number of morpholine rings is 1. The van der Waals surface area contributed by atoms with E-state index >= 15 is 0 Å². The topological polar surface area (TPSA) is 79.6 Å². The molecule has 0 spiro atoms. The summed E-state index contributed by atoms with van der Waals surface area (Å²) in [6, 6.07) is 12.0. The van der Waals surface area contributed by atoms with Gasteiger partial charge in [-0.3, -0.25) is 14.4 Å². The van der Waals surface area contributed by atoms with Crippen LogP contribution >= 0.6 is 0 Å². The van der Waals surface area contributed by atoms with Crippen LogP contribution in [0.1, 0.15) is 42.7 Å². The number of allylic oxidation sites excluding steroid dienone is 2. The van der Waals surface area contributed by atoms with Crippen LogP contribution in [0, 0.1) is 5.82 Å². The van der Waals surface area contributed by atoms with Crippen LogP contribution in [0.15, 0.2) is 54.1 Å². The summed E-state index contributed by atoms with van der Waals surface area (Å²) in [5.41, 5.74) is 3.37. The van der Waals surface area contributed by atoms with Crippen LogP contribution in [0.4, 0.5) is 4.39 Å². The van der Waals surface area contributed by atoms with Crippen LogP contribution in [0.5, 0.6) is 5.75 Å². The van der Waals surface area contributed by atoms with Gasteiger partial charge in [0.25, 0.3) is 5.91 Å². The largest absolute Gasteiger partial charge is 0.508 e. The van der Waals surface area contributed by atoms with E-state index in [0.29, 0.717) is 30.8 Å². The molecule has 2 saturated heterocycles. The van der Waals surface area contributed by atoms with E-state index < -0.39 is 0 Å². The Morgan fingerprint density at radius 1 is 1.17 bits per heavy atom. The van der Waals surface area contributed by atoms with Crippen molar-refractivity contribution >= 4 is 16.8 Å². The summed E-state index contributed by atoms with van der Waals surface area (Å²) in [4.78, 5) is 15.8. The Morgan fingerprint density at radius 3 is 2.57 bits per heavy atom. The van der Waals surface area contributed by atoms with Gasteiger partial charge in [-0.05, 0) is 62.6 Å². The third-order valence-electron chi connectivity index (χ3n) is 6.91. The number of fused-ring (bicyclic) bond motifs is 3. The molecule has 1 unspecified atom stereocenters. The fourth-order valence-corrected chi connectivity index (χ4v) is 5.16. The summed E-state index contributed by atoms with van der Waals surface area (Å²) in [6.07, 6.45) is 3.59. The molecule has 0 aliphatic carbocycles. The summed E-state index contributed by atoms with van der Waals surface area (Å²) < 4.78 is 20.9. The van der Waals surface area contributed by atoms with Gasteiger partial charge in [0.2, 0.25) is 0 Å². The van der Waals surface area contributed by atoms with Crippen LogP contribution in [-0.4, -0.2) is 57.0 Å². The number of phenolic OH excluding ortho intramolecular Hbond substituents is 1. The number of carbonyl (C=O) groups is 1. The molecule has 2 aliphatic rings. The molecular formula is C27H31FN4O3. The highest BCUT2D eigenvalue weighted by Crippen LogP contribution is 2.30. The fourth-order valence-electron chi connectivity index (χ4n) is 5.16. The van der Waals surface area contributed by atoms with Gasteiger partial charge in [0.05, 0.1) is 25.3 Å². The van der Waals surface area contributed by atoms with Crippen LogP contribution in [0.2, 0.25) is 0 Å². The molecule has 184 valence electrons. The zero-order valence-electron chi connectivity index (χ0n) is 20.1. The molecule has 7 nitrogen and oxygen atoms in total. The van der Waals surface area contributed by atoms with Crippen LogP contribution in [0.25, 0.3) is 10.9 Å². The molecule has 5 rings (SSSR count). The summed E-state index contributed by atoms with van der Waals surface area (Å²) in [7, 11) is 0. The lowest BCUT2D eigenvalue weighted by molar-refractivity contribution is -0.0843. The summed E-state index contributed by atoms with van der Waals surface area (Å²) in [5.74, 6) is -0.357. The Balaban J connectivity index is 1.32. The van der Waals surface area contributed by atoms with E-state index in [4.69, 9.17) is 4.74 Å². The molecule has 35 heavy (non-hydrogen) atoms. The number of nitrogens with one attached hydrogen (secondary N) is 1. The van der Waals surface area contributed by atoms with E-state index in [-0.39, 0.29) is 35.6 Å². The molecular weight excluding hydrogens is 447 g/mol. The Morgan fingerprint density at radius 2 is 1.89 bits per heavy atom. The molecule has 1 aromatic heterocycles. The Hall–Kier alpha value is -3.23. The minimum Gasteiger partial charge on any atom is -0.508 e. The maximum atomic E-state index is 13.3. The van der Waals surface area contributed by atoms with Crippen molar-refractivity contribution in [1.29, 1.82) is 0 Å². The number of rotatable bonds is 6. The van der Waals surface area contributed by atoms with Gasteiger partial charge in [0.15, 0.2) is 5.69 Å². The quantitative estimate of drug-likeness (QED) is 0.524. The Bertz CT molecular complexity index is 1240. The van der Waals surface area contributed by atoms with Gasteiger partial charge in [-0.15, -0.1) is 0 Å².